The monoisotopic (exact) mass is 246 g/mol. The van der Waals surface area contributed by atoms with Crippen molar-refractivity contribution in [3.8, 4) is 5.75 Å². The number of fused-ring (bicyclic) bond motifs is 1. The number of H-pyrrole nitrogens is 1. The summed E-state index contributed by atoms with van der Waals surface area (Å²) in [6.45, 7) is 3.60. The van der Waals surface area contributed by atoms with Crippen molar-refractivity contribution in [1.82, 2.24) is 10.3 Å². The molecular formula is C13H14N2O3. The summed E-state index contributed by atoms with van der Waals surface area (Å²) < 4.78 is 0. The Bertz CT molecular complexity index is 659. The maximum atomic E-state index is 11.9. The zero-order valence-electron chi connectivity index (χ0n) is 10.2. The van der Waals surface area contributed by atoms with E-state index >= 15 is 0 Å². The maximum Gasteiger partial charge on any atom is 0.271 e. The summed E-state index contributed by atoms with van der Waals surface area (Å²) in [4.78, 5) is 26.5. The molecule has 1 aromatic carbocycles. The Labute approximate surface area is 103 Å². The molecule has 2 aromatic rings. The largest absolute Gasteiger partial charge is 0.503 e. The number of pyridine rings is 1. The van der Waals surface area contributed by atoms with Crippen molar-refractivity contribution in [2.45, 2.75) is 19.9 Å². The smallest absolute Gasteiger partial charge is 0.271 e. The quantitative estimate of drug-likeness (QED) is 0.748. The highest BCUT2D eigenvalue weighted by Crippen LogP contribution is 2.15. The molecule has 0 spiro atoms. The van der Waals surface area contributed by atoms with Crippen molar-refractivity contribution in [2.75, 3.05) is 0 Å². The Hall–Kier alpha value is -2.30. The Morgan fingerprint density at radius 3 is 2.67 bits per heavy atom. The number of carbonyl (C=O) groups is 1. The van der Waals surface area contributed by atoms with E-state index in [1.807, 2.05) is 0 Å². The van der Waals surface area contributed by atoms with E-state index in [1.54, 1.807) is 38.1 Å². The topological polar surface area (TPSA) is 82.2 Å². The van der Waals surface area contributed by atoms with Crippen molar-refractivity contribution in [3.05, 3.63) is 40.2 Å². The molecule has 18 heavy (non-hydrogen) atoms. The van der Waals surface area contributed by atoms with Crippen molar-refractivity contribution >= 4 is 16.8 Å². The molecule has 0 aliphatic carbocycles. The minimum Gasteiger partial charge on any atom is -0.503 e. The standard InChI is InChI=1S/C13H14N2O3/c1-7(2)14-13(18)10-12(17)11(16)8-5-3-4-6-9(8)15-10/h3-7,17H,1-2H3,(H,14,18)(H,15,16). The van der Waals surface area contributed by atoms with E-state index in [-0.39, 0.29) is 11.7 Å². The van der Waals surface area contributed by atoms with E-state index in [2.05, 4.69) is 10.3 Å². The van der Waals surface area contributed by atoms with Gasteiger partial charge >= 0.3 is 0 Å². The number of nitrogens with one attached hydrogen (secondary N) is 2. The lowest BCUT2D eigenvalue weighted by Gasteiger charge is -2.10. The predicted octanol–water partition coefficient (Wildman–Crippen LogP) is 1.37. The molecule has 0 aliphatic heterocycles. The molecule has 0 aliphatic rings. The number of hydrogen-bond donors (Lipinski definition) is 3. The van der Waals surface area contributed by atoms with Crippen LogP contribution < -0.4 is 10.7 Å². The highest BCUT2D eigenvalue weighted by molar-refractivity contribution is 5.97. The van der Waals surface area contributed by atoms with Crippen LogP contribution in [0.25, 0.3) is 10.9 Å². The van der Waals surface area contributed by atoms with Crippen molar-refractivity contribution in [1.29, 1.82) is 0 Å². The summed E-state index contributed by atoms with van der Waals surface area (Å²) in [6.07, 6.45) is 0. The van der Waals surface area contributed by atoms with Gasteiger partial charge in [-0.25, -0.2) is 0 Å². The fraction of sp³-hybridized carbons (Fsp3) is 0.231. The molecule has 5 heteroatoms. The molecule has 0 saturated carbocycles. The lowest BCUT2D eigenvalue weighted by Crippen LogP contribution is -2.31. The summed E-state index contributed by atoms with van der Waals surface area (Å²) >= 11 is 0. The summed E-state index contributed by atoms with van der Waals surface area (Å²) in [7, 11) is 0. The second kappa shape index (κ2) is 4.52. The van der Waals surface area contributed by atoms with Gasteiger partial charge in [0.1, 0.15) is 0 Å². The number of aromatic hydroxyl groups is 1. The van der Waals surface area contributed by atoms with E-state index in [0.29, 0.717) is 10.9 Å². The van der Waals surface area contributed by atoms with Crippen LogP contribution in [-0.2, 0) is 0 Å². The number of para-hydroxylation sites is 1. The third kappa shape index (κ3) is 2.07. The normalized spacial score (nSPS) is 10.8. The van der Waals surface area contributed by atoms with Gasteiger partial charge in [-0.05, 0) is 26.0 Å². The molecule has 1 aromatic heterocycles. The maximum absolute atomic E-state index is 11.9. The number of carbonyl (C=O) groups excluding carboxylic acids is 1. The van der Waals surface area contributed by atoms with Crippen LogP contribution in [0.5, 0.6) is 5.75 Å². The molecule has 0 fully saturated rings. The van der Waals surface area contributed by atoms with Gasteiger partial charge in [0.2, 0.25) is 5.43 Å². The first-order valence-corrected chi connectivity index (χ1v) is 5.65. The van der Waals surface area contributed by atoms with Crippen LogP contribution in [0.4, 0.5) is 0 Å². The van der Waals surface area contributed by atoms with Crippen LogP contribution in [0.1, 0.15) is 24.3 Å². The zero-order valence-corrected chi connectivity index (χ0v) is 10.2. The van der Waals surface area contributed by atoms with Crippen LogP contribution in [0.3, 0.4) is 0 Å². The van der Waals surface area contributed by atoms with Crippen LogP contribution in [0.15, 0.2) is 29.1 Å². The Kier molecular flexibility index (Phi) is 3.06. The highest BCUT2D eigenvalue weighted by Gasteiger charge is 2.17. The fourth-order valence-corrected chi connectivity index (χ4v) is 1.72. The zero-order chi connectivity index (χ0) is 13.3. The Morgan fingerprint density at radius 2 is 2.00 bits per heavy atom. The third-order valence-corrected chi connectivity index (χ3v) is 2.53. The molecule has 1 amide bonds. The minimum absolute atomic E-state index is 0.0770. The highest BCUT2D eigenvalue weighted by atomic mass is 16.3. The van der Waals surface area contributed by atoms with Gasteiger partial charge < -0.3 is 15.4 Å². The molecule has 0 atom stereocenters. The number of aromatic amines is 1. The van der Waals surface area contributed by atoms with Gasteiger partial charge in [0, 0.05) is 11.4 Å². The molecule has 1 heterocycles. The molecule has 3 N–H and O–H groups in total. The molecular weight excluding hydrogens is 232 g/mol. The van der Waals surface area contributed by atoms with Crippen molar-refractivity contribution in [3.63, 3.8) is 0 Å². The second-order valence-electron chi connectivity index (χ2n) is 4.35. The van der Waals surface area contributed by atoms with E-state index in [9.17, 15) is 14.7 Å². The SMILES string of the molecule is CC(C)NC(=O)c1[nH]c2ccccc2c(=O)c1O. The first-order chi connectivity index (χ1) is 8.50. The van der Waals surface area contributed by atoms with E-state index in [1.165, 1.54) is 0 Å². The van der Waals surface area contributed by atoms with Crippen LogP contribution >= 0.6 is 0 Å². The summed E-state index contributed by atoms with van der Waals surface area (Å²) in [5.41, 5.74) is -0.125. The molecule has 94 valence electrons. The van der Waals surface area contributed by atoms with E-state index in [4.69, 9.17) is 0 Å². The molecule has 0 saturated heterocycles. The molecule has 5 nitrogen and oxygen atoms in total. The number of amides is 1. The number of hydrogen-bond acceptors (Lipinski definition) is 3. The lowest BCUT2D eigenvalue weighted by molar-refractivity contribution is 0.0935. The Morgan fingerprint density at radius 1 is 1.33 bits per heavy atom. The van der Waals surface area contributed by atoms with Gasteiger partial charge in [-0.1, -0.05) is 12.1 Å². The number of aromatic nitrogens is 1. The second-order valence-corrected chi connectivity index (χ2v) is 4.35. The molecule has 2 rings (SSSR count). The van der Waals surface area contributed by atoms with Crippen molar-refractivity contribution in [2.24, 2.45) is 0 Å². The Balaban J connectivity index is 2.62. The minimum atomic E-state index is -0.549. The first-order valence-electron chi connectivity index (χ1n) is 5.65. The van der Waals surface area contributed by atoms with Gasteiger partial charge in [-0.15, -0.1) is 0 Å². The predicted molar refractivity (Wildman–Crippen MR) is 68.8 cm³/mol. The van der Waals surface area contributed by atoms with Gasteiger partial charge in [0.25, 0.3) is 5.91 Å². The first kappa shape index (κ1) is 12.2. The van der Waals surface area contributed by atoms with Crippen LogP contribution in [0.2, 0.25) is 0 Å². The van der Waals surface area contributed by atoms with Crippen LogP contribution in [-0.4, -0.2) is 22.0 Å². The fourth-order valence-electron chi connectivity index (χ4n) is 1.72. The van der Waals surface area contributed by atoms with Gasteiger partial charge in [-0.2, -0.15) is 0 Å². The number of rotatable bonds is 2. The average molecular weight is 246 g/mol. The molecule has 0 radical (unpaired) electrons. The van der Waals surface area contributed by atoms with Gasteiger partial charge in [0.05, 0.1) is 5.52 Å². The summed E-state index contributed by atoms with van der Waals surface area (Å²) in [6, 6.07) is 6.65. The van der Waals surface area contributed by atoms with Crippen molar-refractivity contribution < 1.29 is 9.90 Å². The summed E-state index contributed by atoms with van der Waals surface area (Å²) in [5.74, 6) is -1.04. The molecule has 0 unspecified atom stereocenters. The lowest BCUT2D eigenvalue weighted by atomic mass is 10.1. The van der Waals surface area contributed by atoms with E-state index < -0.39 is 17.1 Å². The van der Waals surface area contributed by atoms with Gasteiger partial charge in [-0.3, -0.25) is 9.59 Å². The average Bonchev–Trinajstić information content (AvgIpc) is 2.33. The van der Waals surface area contributed by atoms with E-state index in [0.717, 1.165) is 0 Å². The molecule has 0 bridgehead atoms. The third-order valence-electron chi connectivity index (χ3n) is 2.53. The van der Waals surface area contributed by atoms with Gasteiger partial charge in [0.15, 0.2) is 11.4 Å². The number of benzene rings is 1. The van der Waals surface area contributed by atoms with Crippen LogP contribution in [0, 0.1) is 0 Å². The summed E-state index contributed by atoms with van der Waals surface area (Å²) in [5, 5.41) is 12.8.